The topological polar surface area (TPSA) is 90.3 Å². The Hall–Kier alpha value is -3.52. The molecule has 2 aromatic carbocycles. The van der Waals surface area contributed by atoms with Gasteiger partial charge in [0.25, 0.3) is 0 Å². The number of rotatable bonds is 5. The van der Waals surface area contributed by atoms with Gasteiger partial charge in [0.1, 0.15) is 11.4 Å². The number of para-hydroxylation sites is 1. The van der Waals surface area contributed by atoms with Crippen molar-refractivity contribution in [1.29, 1.82) is 0 Å². The molecular formula is C23H21N3O4S. The molecule has 0 aliphatic heterocycles. The van der Waals surface area contributed by atoms with Crippen LogP contribution in [0.15, 0.2) is 47.3 Å². The molecule has 4 aromatic rings. The minimum Gasteiger partial charge on any atom is -0.462 e. The Morgan fingerprint density at radius 3 is 2.61 bits per heavy atom. The van der Waals surface area contributed by atoms with Crippen molar-refractivity contribution < 1.29 is 14.3 Å². The molecule has 0 radical (unpaired) electrons. The standard InChI is InChI=1S/C23H21N3O4S/c1-4-30-22(29)21-14(3)24-23(31-21)25-19(27)12-26-17-8-6-5-7-15(17)20(28)16-11-13(2)9-10-18(16)26/h5-11H,4,12H2,1-3H3,(H,24,25,27). The van der Waals surface area contributed by atoms with Crippen LogP contribution in [-0.4, -0.2) is 28.0 Å². The van der Waals surface area contributed by atoms with Crippen molar-refractivity contribution >= 4 is 50.2 Å². The highest BCUT2D eigenvalue weighted by molar-refractivity contribution is 7.17. The van der Waals surface area contributed by atoms with Crippen LogP contribution in [0, 0.1) is 13.8 Å². The molecule has 0 unspecified atom stereocenters. The third-order valence-corrected chi connectivity index (χ3v) is 5.99. The molecule has 7 nitrogen and oxygen atoms in total. The highest BCUT2D eigenvalue weighted by Crippen LogP contribution is 2.24. The number of amides is 1. The van der Waals surface area contributed by atoms with E-state index in [2.05, 4.69) is 10.3 Å². The summed E-state index contributed by atoms with van der Waals surface area (Å²) >= 11 is 1.08. The number of carbonyl (C=O) groups is 2. The molecule has 8 heteroatoms. The first-order chi connectivity index (χ1) is 14.9. The van der Waals surface area contributed by atoms with Gasteiger partial charge in [-0.3, -0.25) is 9.59 Å². The lowest BCUT2D eigenvalue weighted by Gasteiger charge is -2.15. The number of aromatic nitrogens is 2. The maximum atomic E-state index is 13.0. The average Bonchev–Trinajstić information content (AvgIpc) is 3.11. The molecule has 4 rings (SSSR count). The van der Waals surface area contributed by atoms with Gasteiger partial charge in [-0.15, -0.1) is 0 Å². The van der Waals surface area contributed by atoms with E-state index >= 15 is 0 Å². The number of fused-ring (bicyclic) bond motifs is 2. The van der Waals surface area contributed by atoms with E-state index in [9.17, 15) is 14.4 Å². The van der Waals surface area contributed by atoms with Gasteiger partial charge in [0, 0.05) is 10.8 Å². The van der Waals surface area contributed by atoms with Gasteiger partial charge in [0.15, 0.2) is 10.6 Å². The summed E-state index contributed by atoms with van der Waals surface area (Å²) < 4.78 is 6.85. The minimum atomic E-state index is -0.453. The Morgan fingerprint density at radius 1 is 1.10 bits per heavy atom. The third kappa shape index (κ3) is 3.94. The summed E-state index contributed by atoms with van der Waals surface area (Å²) in [5, 5.41) is 4.22. The SMILES string of the molecule is CCOC(=O)c1sc(NC(=O)Cn2c3ccccc3c(=O)c3cc(C)ccc32)nc1C. The van der Waals surface area contributed by atoms with Crippen molar-refractivity contribution in [2.45, 2.75) is 27.3 Å². The predicted octanol–water partition coefficient (Wildman–Crippen LogP) is 4.04. The quantitative estimate of drug-likeness (QED) is 0.377. The molecule has 0 aliphatic rings. The lowest BCUT2D eigenvalue weighted by molar-refractivity contribution is -0.116. The number of hydrogen-bond donors (Lipinski definition) is 1. The average molecular weight is 436 g/mol. The highest BCUT2D eigenvalue weighted by atomic mass is 32.1. The van der Waals surface area contributed by atoms with Crippen LogP contribution in [0.5, 0.6) is 0 Å². The van der Waals surface area contributed by atoms with Gasteiger partial charge in [-0.2, -0.15) is 0 Å². The number of nitrogens with zero attached hydrogens (tertiary/aromatic N) is 2. The summed E-state index contributed by atoms with van der Waals surface area (Å²) in [5.41, 5.74) is 2.79. The normalized spacial score (nSPS) is 11.1. The first-order valence-corrected chi connectivity index (χ1v) is 10.7. The first-order valence-electron chi connectivity index (χ1n) is 9.85. The molecule has 2 aromatic heterocycles. The first kappa shape index (κ1) is 20.7. The lowest BCUT2D eigenvalue weighted by atomic mass is 10.1. The van der Waals surface area contributed by atoms with Crippen molar-refractivity contribution in [3.8, 4) is 0 Å². The number of esters is 1. The molecule has 1 N–H and O–H groups in total. The van der Waals surface area contributed by atoms with Crippen LogP contribution in [0.3, 0.4) is 0 Å². The largest absolute Gasteiger partial charge is 0.462 e. The number of hydrogen-bond acceptors (Lipinski definition) is 6. The molecule has 0 spiro atoms. The molecule has 31 heavy (non-hydrogen) atoms. The molecule has 0 bridgehead atoms. The number of benzene rings is 2. The van der Waals surface area contributed by atoms with Crippen molar-refractivity contribution in [3.63, 3.8) is 0 Å². The summed E-state index contributed by atoms with van der Waals surface area (Å²) in [6.07, 6.45) is 0. The molecule has 0 atom stereocenters. The van der Waals surface area contributed by atoms with Crippen LogP contribution >= 0.6 is 11.3 Å². The molecular weight excluding hydrogens is 414 g/mol. The van der Waals surface area contributed by atoms with E-state index in [1.165, 1.54) is 0 Å². The molecule has 158 valence electrons. The van der Waals surface area contributed by atoms with Crippen LogP contribution < -0.4 is 10.7 Å². The second-order valence-corrected chi connectivity index (χ2v) is 8.15. The Labute approximate surface area is 182 Å². The van der Waals surface area contributed by atoms with Gasteiger partial charge >= 0.3 is 5.97 Å². The van der Waals surface area contributed by atoms with Crippen molar-refractivity contribution in [2.75, 3.05) is 11.9 Å². The van der Waals surface area contributed by atoms with E-state index in [4.69, 9.17) is 4.74 Å². The number of thiazole rings is 1. The Balaban J connectivity index is 1.71. The van der Waals surface area contributed by atoms with Crippen LogP contribution in [0.2, 0.25) is 0 Å². The summed E-state index contributed by atoms with van der Waals surface area (Å²) in [6, 6.07) is 12.9. The van der Waals surface area contributed by atoms with Crippen molar-refractivity contribution in [3.05, 3.63) is 68.8 Å². The van der Waals surface area contributed by atoms with Crippen LogP contribution in [0.1, 0.15) is 27.9 Å². The van der Waals surface area contributed by atoms with Crippen LogP contribution in [-0.2, 0) is 16.1 Å². The number of carbonyl (C=O) groups excluding carboxylic acids is 2. The fraction of sp³-hybridized carbons (Fsp3) is 0.217. The fourth-order valence-electron chi connectivity index (χ4n) is 3.55. The minimum absolute atomic E-state index is 0.00623. The number of anilines is 1. The molecule has 1 amide bonds. The van der Waals surface area contributed by atoms with Crippen LogP contribution in [0.25, 0.3) is 21.8 Å². The van der Waals surface area contributed by atoms with E-state index < -0.39 is 5.97 Å². The zero-order valence-corrected chi connectivity index (χ0v) is 18.2. The molecule has 0 saturated heterocycles. The molecule has 0 saturated carbocycles. The van der Waals surface area contributed by atoms with Gasteiger partial charge in [-0.1, -0.05) is 35.1 Å². The maximum Gasteiger partial charge on any atom is 0.350 e. The van der Waals surface area contributed by atoms with E-state index in [0.717, 1.165) is 16.9 Å². The predicted molar refractivity (Wildman–Crippen MR) is 122 cm³/mol. The van der Waals surface area contributed by atoms with E-state index in [-0.39, 0.29) is 24.5 Å². The zero-order chi connectivity index (χ0) is 22.1. The number of ether oxygens (including phenoxy) is 1. The van der Waals surface area contributed by atoms with Gasteiger partial charge in [-0.05, 0) is 45.0 Å². The lowest BCUT2D eigenvalue weighted by Crippen LogP contribution is -2.21. The van der Waals surface area contributed by atoms with Gasteiger partial charge in [-0.25, -0.2) is 9.78 Å². The Morgan fingerprint density at radius 2 is 1.84 bits per heavy atom. The van der Waals surface area contributed by atoms with Crippen molar-refractivity contribution in [2.24, 2.45) is 0 Å². The third-order valence-electron chi connectivity index (χ3n) is 4.93. The van der Waals surface area contributed by atoms with E-state index in [1.807, 2.05) is 47.9 Å². The fourth-order valence-corrected chi connectivity index (χ4v) is 4.43. The summed E-state index contributed by atoms with van der Waals surface area (Å²) in [6.45, 7) is 5.62. The van der Waals surface area contributed by atoms with Crippen molar-refractivity contribution in [1.82, 2.24) is 9.55 Å². The molecule has 0 fully saturated rings. The van der Waals surface area contributed by atoms with Gasteiger partial charge in [0.05, 0.1) is 23.3 Å². The Bertz CT molecular complexity index is 1390. The Kier molecular flexibility index (Phi) is 5.56. The number of aryl methyl sites for hydroxylation is 2. The summed E-state index contributed by atoms with van der Waals surface area (Å²) in [5.74, 6) is -0.759. The van der Waals surface area contributed by atoms with Crippen LogP contribution in [0.4, 0.5) is 5.13 Å². The summed E-state index contributed by atoms with van der Waals surface area (Å²) in [4.78, 5) is 42.5. The van der Waals surface area contributed by atoms with Gasteiger partial charge in [0.2, 0.25) is 5.91 Å². The summed E-state index contributed by atoms with van der Waals surface area (Å²) in [7, 11) is 0. The van der Waals surface area contributed by atoms with E-state index in [0.29, 0.717) is 37.5 Å². The smallest absolute Gasteiger partial charge is 0.350 e. The zero-order valence-electron chi connectivity index (χ0n) is 17.4. The maximum absolute atomic E-state index is 13.0. The second-order valence-electron chi connectivity index (χ2n) is 7.16. The van der Waals surface area contributed by atoms with Gasteiger partial charge < -0.3 is 14.6 Å². The second kappa shape index (κ2) is 8.31. The monoisotopic (exact) mass is 435 g/mol. The van der Waals surface area contributed by atoms with E-state index in [1.54, 1.807) is 19.9 Å². The number of pyridine rings is 1. The highest BCUT2D eigenvalue weighted by Gasteiger charge is 2.18. The number of nitrogens with one attached hydrogen (secondary N) is 1. The molecule has 2 heterocycles. The molecule has 0 aliphatic carbocycles.